The molecule has 1 aliphatic heterocycles. The molecule has 23 heteroatoms. The number of thioether (sulfide) groups is 1. The van der Waals surface area contributed by atoms with Gasteiger partial charge in [0.25, 0.3) is 17.1 Å². The summed E-state index contributed by atoms with van der Waals surface area (Å²) in [6.07, 6.45) is 1.75. The Bertz CT molecular complexity index is 1960. The third kappa shape index (κ3) is 9.42. The molecule has 0 unspecified atom stereocenters. The quantitative estimate of drug-likeness (QED) is 0.105. The zero-order valence-electron chi connectivity index (χ0n) is 26.8. The van der Waals surface area contributed by atoms with E-state index in [9.17, 15) is 55.6 Å². The minimum Gasteiger partial charge on any atom is -0.370 e. The molecule has 276 valence electrons. The summed E-state index contributed by atoms with van der Waals surface area (Å²) in [5, 5.41) is 33.6. The maximum atomic E-state index is 14.0. The number of hydrogen-bond donors (Lipinski definition) is 0. The van der Waals surface area contributed by atoms with E-state index in [1.807, 2.05) is 0 Å². The van der Waals surface area contributed by atoms with Crippen LogP contribution in [0.5, 0.6) is 0 Å². The van der Waals surface area contributed by atoms with Gasteiger partial charge in [-0.25, -0.2) is 25.3 Å². The van der Waals surface area contributed by atoms with E-state index < -0.39 is 76.9 Å². The van der Waals surface area contributed by atoms with Crippen molar-refractivity contribution >= 4 is 58.9 Å². The molecular weight excluding hydrogens is 757 g/mol. The molecule has 4 rings (SSSR count). The largest absolute Gasteiger partial charge is 0.370 e. The van der Waals surface area contributed by atoms with Gasteiger partial charge >= 0.3 is 0 Å². The van der Waals surface area contributed by atoms with Crippen molar-refractivity contribution in [3.63, 3.8) is 0 Å². The minimum atomic E-state index is -4.51. The lowest BCUT2D eigenvalue weighted by Gasteiger charge is -2.35. The number of nitro groups is 3. The lowest BCUT2D eigenvalue weighted by Crippen LogP contribution is -2.50. The molecule has 0 aliphatic carbocycles. The van der Waals surface area contributed by atoms with E-state index in [0.29, 0.717) is 0 Å². The number of benzene rings is 3. The van der Waals surface area contributed by atoms with E-state index in [1.54, 1.807) is 6.26 Å². The van der Waals surface area contributed by atoms with E-state index in [-0.39, 0.29) is 57.4 Å². The van der Waals surface area contributed by atoms with E-state index in [1.165, 1.54) is 11.8 Å². The summed E-state index contributed by atoms with van der Waals surface area (Å²) in [6, 6.07) is 12.1. The molecule has 0 amide bonds. The average molecular weight is 789 g/mol. The normalized spacial score (nSPS) is 16.4. The molecule has 0 N–H and O–H groups in total. The highest BCUT2D eigenvalue weighted by molar-refractivity contribution is 7.98. The maximum absolute atomic E-state index is 14.0. The summed E-state index contributed by atoms with van der Waals surface area (Å²) in [5.41, 5.74) is -1.12. The van der Waals surface area contributed by atoms with Crippen molar-refractivity contribution in [2.75, 3.05) is 58.1 Å². The number of nitrogens with zero attached hydrogens (tertiary/aromatic N) is 6. The van der Waals surface area contributed by atoms with Crippen LogP contribution in [0, 0.1) is 36.3 Å². The summed E-state index contributed by atoms with van der Waals surface area (Å²) >= 11 is 1.32. The van der Waals surface area contributed by atoms with Gasteiger partial charge in [-0.15, -0.1) is 11.8 Å². The van der Waals surface area contributed by atoms with Crippen molar-refractivity contribution in [2.24, 2.45) is 5.92 Å². The van der Waals surface area contributed by atoms with Crippen LogP contribution >= 0.6 is 11.8 Å². The summed E-state index contributed by atoms with van der Waals surface area (Å²) in [5.74, 6) is -0.641. The third-order valence-electron chi connectivity index (χ3n) is 7.73. The number of nitro benzene ring substituents is 3. The van der Waals surface area contributed by atoms with Gasteiger partial charge in [-0.05, 0) is 42.7 Å². The molecule has 3 aromatic carbocycles. The zero-order chi connectivity index (χ0) is 37.6. The van der Waals surface area contributed by atoms with Gasteiger partial charge in [0.1, 0.15) is 0 Å². The third-order valence-corrected chi connectivity index (χ3v) is 13.8. The Balaban J connectivity index is 1.81. The molecule has 1 heterocycles. The Kier molecular flexibility index (Phi) is 12.8. The van der Waals surface area contributed by atoms with Crippen LogP contribution in [0.2, 0.25) is 0 Å². The first kappa shape index (κ1) is 39.7. The first-order valence-electron chi connectivity index (χ1n) is 14.8. The van der Waals surface area contributed by atoms with E-state index >= 15 is 0 Å². The lowest BCUT2D eigenvalue weighted by atomic mass is 10.1. The molecule has 0 spiro atoms. The fraction of sp³-hybridized carbons (Fsp3) is 0.357. The van der Waals surface area contributed by atoms with Gasteiger partial charge in [0.2, 0.25) is 30.1 Å². The van der Waals surface area contributed by atoms with Crippen LogP contribution in [0.15, 0.2) is 87.5 Å². The number of ether oxygens (including phenoxy) is 1. The van der Waals surface area contributed by atoms with Crippen molar-refractivity contribution in [1.29, 1.82) is 0 Å². The van der Waals surface area contributed by atoms with Gasteiger partial charge in [-0.1, -0.05) is 0 Å². The molecule has 0 radical (unpaired) electrons. The molecule has 1 fully saturated rings. The van der Waals surface area contributed by atoms with Crippen LogP contribution in [-0.4, -0.2) is 111 Å². The highest BCUT2D eigenvalue weighted by Crippen LogP contribution is 2.27. The smallest absolute Gasteiger partial charge is 0.269 e. The molecule has 0 aromatic heterocycles. The first-order valence-corrected chi connectivity index (χ1v) is 20.5. The average Bonchev–Trinajstić information content (AvgIpc) is 3.10. The highest BCUT2D eigenvalue weighted by Gasteiger charge is 2.36. The first-order chi connectivity index (χ1) is 24.0. The summed E-state index contributed by atoms with van der Waals surface area (Å²) in [7, 11) is -13.5. The van der Waals surface area contributed by atoms with Crippen LogP contribution in [0.4, 0.5) is 17.1 Å². The summed E-state index contributed by atoms with van der Waals surface area (Å²) in [6.45, 7) is -2.70. The molecule has 3 aromatic rings. The van der Waals surface area contributed by atoms with Crippen LogP contribution in [0.1, 0.15) is 0 Å². The van der Waals surface area contributed by atoms with Crippen molar-refractivity contribution in [3.05, 3.63) is 103 Å². The Hall–Kier alpha value is -4.10. The van der Waals surface area contributed by atoms with E-state index in [4.69, 9.17) is 4.74 Å². The molecule has 19 nitrogen and oxygen atoms in total. The summed E-state index contributed by atoms with van der Waals surface area (Å²) in [4.78, 5) is 30.4. The fourth-order valence-corrected chi connectivity index (χ4v) is 9.82. The fourth-order valence-electron chi connectivity index (χ4n) is 5.12. The number of rotatable bonds is 13. The predicted octanol–water partition coefficient (Wildman–Crippen LogP) is 2.75. The molecule has 0 bridgehead atoms. The lowest BCUT2D eigenvalue weighted by molar-refractivity contribution is -0.385. The second-order valence-corrected chi connectivity index (χ2v) is 17.7. The van der Waals surface area contributed by atoms with Crippen LogP contribution in [0.3, 0.4) is 0 Å². The molecular formula is C28H32N6O13S4. The molecule has 1 saturated heterocycles. The van der Waals surface area contributed by atoms with Gasteiger partial charge in [0.15, 0.2) is 0 Å². The van der Waals surface area contributed by atoms with Gasteiger partial charge in [-0.2, -0.15) is 12.9 Å². The summed E-state index contributed by atoms with van der Waals surface area (Å²) < 4.78 is 92.3. The second-order valence-electron chi connectivity index (χ2n) is 11.0. The predicted molar refractivity (Wildman–Crippen MR) is 183 cm³/mol. The Morgan fingerprint density at radius 1 is 0.588 bits per heavy atom. The van der Waals surface area contributed by atoms with E-state index in [0.717, 1.165) is 85.7 Å². The van der Waals surface area contributed by atoms with E-state index in [2.05, 4.69) is 0 Å². The second kappa shape index (κ2) is 16.5. The van der Waals surface area contributed by atoms with Crippen molar-refractivity contribution in [1.82, 2.24) is 12.9 Å². The molecule has 0 saturated carbocycles. The standard InChI is InChI=1S/C28H32N6O13S4/c1-48-21-47-20-22-18-30(50(43,44)27-10-4-24(5-11-27)33(37)38)16-14-29(49(41,42)26-8-2-23(3-9-26)32(35)36)15-17-31(19-22)51(45,46)28-12-6-25(7-13-28)34(39)40/h2-13,22H,14-21H2,1H3. The molecule has 1 aliphatic rings. The Morgan fingerprint density at radius 3 is 1.18 bits per heavy atom. The monoisotopic (exact) mass is 788 g/mol. The Morgan fingerprint density at radius 2 is 0.882 bits per heavy atom. The Labute approximate surface area is 297 Å². The zero-order valence-corrected chi connectivity index (χ0v) is 30.1. The van der Waals surface area contributed by atoms with Gasteiger partial charge < -0.3 is 4.74 Å². The van der Waals surface area contributed by atoms with Crippen molar-refractivity contribution in [2.45, 2.75) is 14.7 Å². The SMILES string of the molecule is CSCOCC1CN(S(=O)(=O)c2ccc([N+](=O)[O-])cc2)CCN(S(=O)(=O)c2ccc([N+](=O)[O-])cc2)CCN(S(=O)(=O)c2ccc([N+](=O)[O-])cc2)C1. The van der Waals surface area contributed by atoms with Gasteiger partial charge in [0, 0.05) is 81.6 Å². The molecule has 0 atom stereocenters. The molecule has 51 heavy (non-hydrogen) atoms. The highest BCUT2D eigenvalue weighted by atomic mass is 32.2. The van der Waals surface area contributed by atoms with Crippen molar-refractivity contribution < 1.29 is 44.8 Å². The number of sulfonamides is 3. The van der Waals surface area contributed by atoms with Crippen LogP contribution in [-0.2, 0) is 34.8 Å². The minimum absolute atomic E-state index is 0.121. The van der Waals surface area contributed by atoms with Crippen LogP contribution < -0.4 is 0 Å². The maximum Gasteiger partial charge on any atom is 0.269 e. The van der Waals surface area contributed by atoms with Crippen LogP contribution in [0.25, 0.3) is 0 Å². The number of hydrogen-bond acceptors (Lipinski definition) is 14. The topological polar surface area (TPSA) is 251 Å². The van der Waals surface area contributed by atoms with Gasteiger partial charge in [-0.3, -0.25) is 30.3 Å². The van der Waals surface area contributed by atoms with Gasteiger partial charge in [0.05, 0.1) is 42.0 Å². The van der Waals surface area contributed by atoms with Crippen molar-refractivity contribution in [3.8, 4) is 0 Å². The number of non-ortho nitro benzene ring substituents is 3.